The molecule has 2 rings (SSSR count). The van der Waals surface area contributed by atoms with Crippen LogP contribution in [0, 0.1) is 19.8 Å². The topological polar surface area (TPSA) is 40.6 Å². The van der Waals surface area contributed by atoms with Crippen molar-refractivity contribution in [3.05, 3.63) is 34.9 Å². The lowest BCUT2D eigenvalue weighted by atomic mass is 9.87. The smallest absolute Gasteiger partial charge is 0.319 e. The molecule has 0 saturated carbocycles. The monoisotopic (exact) mass is 288 g/mol. The van der Waals surface area contributed by atoms with Gasteiger partial charge in [0.05, 0.1) is 0 Å². The van der Waals surface area contributed by atoms with Crippen LogP contribution >= 0.6 is 0 Å². The van der Waals surface area contributed by atoms with Crippen molar-refractivity contribution in [3.8, 4) is 0 Å². The molecule has 1 aliphatic heterocycles. The lowest BCUT2D eigenvalue weighted by molar-refractivity contribution is 0.0842. The number of urea groups is 1. The minimum Gasteiger partial charge on any atom is -0.331 e. The largest absolute Gasteiger partial charge is 0.331 e. The van der Waals surface area contributed by atoms with Gasteiger partial charge in [-0.05, 0) is 38.3 Å². The molecule has 0 unspecified atom stereocenters. The summed E-state index contributed by atoms with van der Waals surface area (Å²) in [5, 5.41) is 0. The molecule has 0 aliphatic carbocycles. The molecular formula is C17H24N2O2. The first kappa shape index (κ1) is 15.5. The van der Waals surface area contributed by atoms with E-state index in [1.165, 1.54) is 0 Å². The summed E-state index contributed by atoms with van der Waals surface area (Å²) in [5.41, 5.74) is 2.99. The first-order valence-corrected chi connectivity index (χ1v) is 7.48. The van der Waals surface area contributed by atoms with Crippen LogP contribution in [0.4, 0.5) is 4.79 Å². The van der Waals surface area contributed by atoms with Crippen LogP contribution < -0.4 is 0 Å². The normalized spacial score (nSPS) is 15.9. The van der Waals surface area contributed by atoms with Crippen LogP contribution in [0.5, 0.6) is 0 Å². The number of carbonyl (C=O) groups is 2. The molecule has 21 heavy (non-hydrogen) atoms. The van der Waals surface area contributed by atoms with Crippen molar-refractivity contribution in [2.45, 2.75) is 26.7 Å². The number of rotatable bonds is 2. The highest BCUT2D eigenvalue weighted by molar-refractivity contribution is 5.99. The van der Waals surface area contributed by atoms with Crippen molar-refractivity contribution in [2.75, 3.05) is 27.2 Å². The first-order chi connectivity index (χ1) is 9.90. The van der Waals surface area contributed by atoms with E-state index in [1.54, 1.807) is 19.0 Å². The number of nitrogens with zero attached hydrogens (tertiary/aromatic N) is 2. The molecule has 1 aliphatic rings. The maximum Gasteiger partial charge on any atom is 0.319 e. The molecule has 114 valence electrons. The molecule has 1 aromatic rings. The Hall–Kier alpha value is -1.84. The molecule has 0 bridgehead atoms. The van der Waals surface area contributed by atoms with Crippen LogP contribution in [0.25, 0.3) is 0 Å². The van der Waals surface area contributed by atoms with E-state index in [2.05, 4.69) is 0 Å². The summed E-state index contributed by atoms with van der Waals surface area (Å²) < 4.78 is 0. The number of ketones is 1. The van der Waals surface area contributed by atoms with E-state index in [1.807, 2.05) is 36.9 Å². The lowest BCUT2D eigenvalue weighted by Crippen LogP contribution is -2.45. The number of hydrogen-bond donors (Lipinski definition) is 0. The summed E-state index contributed by atoms with van der Waals surface area (Å²) in [6.07, 6.45) is 1.51. The number of carbonyl (C=O) groups excluding carboxylic acids is 2. The predicted octanol–water partition coefficient (Wildman–Crippen LogP) is 2.88. The molecular weight excluding hydrogens is 264 g/mol. The fourth-order valence-electron chi connectivity index (χ4n) is 2.84. The van der Waals surface area contributed by atoms with E-state index < -0.39 is 0 Å². The third-order valence-corrected chi connectivity index (χ3v) is 4.18. The van der Waals surface area contributed by atoms with E-state index in [4.69, 9.17) is 0 Å². The summed E-state index contributed by atoms with van der Waals surface area (Å²) in [5.74, 6) is 0.268. The molecule has 0 N–H and O–H groups in total. The van der Waals surface area contributed by atoms with Gasteiger partial charge in [-0.2, -0.15) is 0 Å². The van der Waals surface area contributed by atoms with Gasteiger partial charge in [0.15, 0.2) is 5.78 Å². The number of Topliss-reactive ketones (excluding diaryl/α,β-unsaturated/α-hetero) is 1. The zero-order valence-electron chi connectivity index (χ0n) is 13.3. The molecule has 1 fully saturated rings. The second-order valence-electron chi connectivity index (χ2n) is 6.12. The molecule has 4 nitrogen and oxygen atoms in total. The summed E-state index contributed by atoms with van der Waals surface area (Å²) in [6, 6.07) is 6.06. The quantitative estimate of drug-likeness (QED) is 0.785. The van der Waals surface area contributed by atoms with Crippen molar-refractivity contribution >= 4 is 11.8 Å². The molecule has 0 radical (unpaired) electrons. The average Bonchev–Trinajstić information content (AvgIpc) is 2.48. The molecule has 0 aromatic heterocycles. The van der Waals surface area contributed by atoms with Gasteiger partial charge in [-0.1, -0.05) is 17.7 Å². The maximum absolute atomic E-state index is 12.7. The third-order valence-electron chi connectivity index (χ3n) is 4.18. The zero-order valence-corrected chi connectivity index (χ0v) is 13.3. The Bertz CT molecular complexity index is 544. The summed E-state index contributed by atoms with van der Waals surface area (Å²) in [4.78, 5) is 28.0. The summed E-state index contributed by atoms with van der Waals surface area (Å²) >= 11 is 0. The minimum atomic E-state index is 0.0348. The Morgan fingerprint density at radius 1 is 1.14 bits per heavy atom. The summed E-state index contributed by atoms with van der Waals surface area (Å²) in [6.45, 7) is 5.32. The molecule has 1 saturated heterocycles. The Morgan fingerprint density at radius 3 is 2.33 bits per heavy atom. The van der Waals surface area contributed by atoms with Crippen LogP contribution in [0.2, 0.25) is 0 Å². The number of likely N-dealkylation sites (tertiary alicyclic amines) is 1. The predicted molar refractivity (Wildman–Crippen MR) is 83.6 cm³/mol. The number of amides is 2. The lowest BCUT2D eigenvalue weighted by Gasteiger charge is -2.33. The van der Waals surface area contributed by atoms with Gasteiger partial charge in [-0.25, -0.2) is 4.79 Å². The first-order valence-electron chi connectivity index (χ1n) is 7.48. The van der Waals surface area contributed by atoms with E-state index in [0.29, 0.717) is 13.1 Å². The zero-order chi connectivity index (χ0) is 15.6. The van der Waals surface area contributed by atoms with E-state index in [-0.39, 0.29) is 17.7 Å². The van der Waals surface area contributed by atoms with Gasteiger partial charge in [0.2, 0.25) is 0 Å². The standard InChI is InChI=1S/C17H24N2O2/c1-12-5-6-13(2)15(11-12)16(20)14-7-9-19(10-8-14)17(21)18(3)4/h5-6,11,14H,7-10H2,1-4H3. The molecule has 0 atom stereocenters. The maximum atomic E-state index is 12.7. The van der Waals surface area contributed by atoms with Crippen LogP contribution in [-0.2, 0) is 0 Å². The SMILES string of the molecule is Cc1ccc(C)c(C(=O)C2CCN(C(=O)N(C)C)CC2)c1. The van der Waals surface area contributed by atoms with E-state index >= 15 is 0 Å². The highest BCUT2D eigenvalue weighted by atomic mass is 16.2. The van der Waals surface area contributed by atoms with Gasteiger partial charge < -0.3 is 9.80 Å². The highest BCUT2D eigenvalue weighted by Gasteiger charge is 2.29. The van der Waals surface area contributed by atoms with Gasteiger partial charge in [-0.15, -0.1) is 0 Å². The van der Waals surface area contributed by atoms with E-state index in [9.17, 15) is 9.59 Å². The second-order valence-corrected chi connectivity index (χ2v) is 6.12. The molecule has 4 heteroatoms. The fraction of sp³-hybridized carbons (Fsp3) is 0.529. The van der Waals surface area contributed by atoms with Gasteiger partial charge >= 0.3 is 6.03 Å². The van der Waals surface area contributed by atoms with Gasteiger partial charge in [0, 0.05) is 38.7 Å². The van der Waals surface area contributed by atoms with Crippen LogP contribution in [0.3, 0.4) is 0 Å². The van der Waals surface area contributed by atoms with Gasteiger partial charge in [-0.3, -0.25) is 4.79 Å². The molecule has 2 amide bonds. The van der Waals surface area contributed by atoms with Crippen molar-refractivity contribution in [1.29, 1.82) is 0 Å². The third kappa shape index (κ3) is 3.43. The van der Waals surface area contributed by atoms with Crippen molar-refractivity contribution in [1.82, 2.24) is 9.80 Å². The van der Waals surface area contributed by atoms with Crippen molar-refractivity contribution < 1.29 is 9.59 Å². The van der Waals surface area contributed by atoms with E-state index in [0.717, 1.165) is 29.5 Å². The van der Waals surface area contributed by atoms with Crippen LogP contribution in [-0.4, -0.2) is 48.8 Å². The van der Waals surface area contributed by atoms with Crippen LogP contribution in [0.1, 0.15) is 34.3 Å². The molecule has 1 heterocycles. The number of piperidine rings is 1. The Kier molecular flexibility index (Phi) is 4.66. The van der Waals surface area contributed by atoms with Gasteiger partial charge in [0.1, 0.15) is 0 Å². The molecule has 0 spiro atoms. The average molecular weight is 288 g/mol. The van der Waals surface area contributed by atoms with Gasteiger partial charge in [0.25, 0.3) is 0 Å². The number of hydrogen-bond acceptors (Lipinski definition) is 2. The fourth-order valence-corrected chi connectivity index (χ4v) is 2.84. The van der Waals surface area contributed by atoms with Crippen molar-refractivity contribution in [3.63, 3.8) is 0 Å². The van der Waals surface area contributed by atoms with Crippen molar-refractivity contribution in [2.24, 2.45) is 5.92 Å². The Labute approximate surface area is 126 Å². The Balaban J connectivity index is 2.03. The second kappa shape index (κ2) is 6.29. The Morgan fingerprint density at radius 2 is 1.76 bits per heavy atom. The van der Waals surface area contributed by atoms with Crippen LogP contribution in [0.15, 0.2) is 18.2 Å². The number of benzene rings is 1. The minimum absolute atomic E-state index is 0.0348. The summed E-state index contributed by atoms with van der Waals surface area (Å²) in [7, 11) is 3.52. The number of aryl methyl sites for hydroxylation is 2. The highest BCUT2D eigenvalue weighted by Crippen LogP contribution is 2.24. The molecule has 1 aromatic carbocycles.